The molecule has 130 valence electrons. The van der Waals surface area contributed by atoms with Gasteiger partial charge in [0, 0.05) is 32.6 Å². The summed E-state index contributed by atoms with van der Waals surface area (Å²) >= 11 is 0. The van der Waals surface area contributed by atoms with E-state index in [4.69, 9.17) is 0 Å². The molecular formula is C17H25N5O2. The lowest BCUT2D eigenvalue weighted by atomic mass is 9.78. The molecule has 1 aromatic rings. The standard InChI is InChI=1S/C17H25N5O2/c23-15(4-8-22-13-18-12-19-22)21-9-6-17(11-21)5-1-7-20(16(17)24)10-14-2-3-14/h12-14H,1-11H2/t17-/m0/s1. The summed E-state index contributed by atoms with van der Waals surface area (Å²) in [6.07, 6.45) is 8.87. The van der Waals surface area contributed by atoms with Gasteiger partial charge in [0.2, 0.25) is 11.8 Å². The Bertz CT molecular complexity index is 613. The summed E-state index contributed by atoms with van der Waals surface area (Å²) in [4.78, 5) is 33.3. The number of aromatic nitrogens is 3. The Labute approximate surface area is 142 Å². The minimum Gasteiger partial charge on any atom is -0.342 e. The number of rotatable bonds is 5. The zero-order valence-corrected chi connectivity index (χ0v) is 14.1. The van der Waals surface area contributed by atoms with E-state index < -0.39 is 0 Å². The van der Waals surface area contributed by atoms with Crippen LogP contribution in [0, 0.1) is 11.3 Å². The molecule has 0 N–H and O–H groups in total. The zero-order valence-electron chi connectivity index (χ0n) is 14.1. The van der Waals surface area contributed by atoms with E-state index in [-0.39, 0.29) is 11.3 Å². The molecule has 1 aromatic heterocycles. The van der Waals surface area contributed by atoms with Gasteiger partial charge in [-0.1, -0.05) is 0 Å². The van der Waals surface area contributed by atoms with Crippen molar-refractivity contribution in [3.8, 4) is 0 Å². The Kier molecular flexibility index (Phi) is 4.02. The Morgan fingerprint density at radius 2 is 2.17 bits per heavy atom. The molecule has 0 aromatic carbocycles. The average molecular weight is 331 g/mol. The molecule has 1 saturated carbocycles. The molecule has 2 aliphatic heterocycles. The second kappa shape index (κ2) is 6.18. The highest BCUT2D eigenvalue weighted by Gasteiger charge is 2.49. The van der Waals surface area contributed by atoms with E-state index in [1.807, 2.05) is 4.90 Å². The molecular weight excluding hydrogens is 306 g/mol. The number of carbonyl (C=O) groups excluding carboxylic acids is 2. The normalized spacial score (nSPS) is 27.2. The number of likely N-dealkylation sites (tertiary alicyclic amines) is 2. The maximum absolute atomic E-state index is 13.0. The second-order valence-electron chi connectivity index (χ2n) is 7.55. The number of hydrogen-bond acceptors (Lipinski definition) is 4. The summed E-state index contributed by atoms with van der Waals surface area (Å²) in [6.45, 7) is 3.69. The van der Waals surface area contributed by atoms with Crippen molar-refractivity contribution in [1.29, 1.82) is 0 Å². The fourth-order valence-electron chi connectivity index (χ4n) is 4.12. The van der Waals surface area contributed by atoms with Crippen LogP contribution < -0.4 is 0 Å². The predicted molar refractivity (Wildman–Crippen MR) is 86.8 cm³/mol. The number of hydrogen-bond donors (Lipinski definition) is 0. The van der Waals surface area contributed by atoms with Gasteiger partial charge < -0.3 is 9.80 Å². The number of amides is 2. The van der Waals surface area contributed by atoms with Crippen LogP contribution in [-0.2, 0) is 16.1 Å². The number of piperidine rings is 1. The summed E-state index contributed by atoms with van der Waals surface area (Å²) in [6, 6.07) is 0. The fourth-order valence-corrected chi connectivity index (χ4v) is 4.12. The largest absolute Gasteiger partial charge is 0.342 e. The van der Waals surface area contributed by atoms with Gasteiger partial charge in [-0.25, -0.2) is 4.98 Å². The van der Waals surface area contributed by atoms with E-state index in [1.54, 1.807) is 11.0 Å². The van der Waals surface area contributed by atoms with Crippen molar-refractivity contribution < 1.29 is 9.59 Å². The van der Waals surface area contributed by atoms with Crippen molar-refractivity contribution in [2.75, 3.05) is 26.2 Å². The summed E-state index contributed by atoms with van der Waals surface area (Å²) in [5.41, 5.74) is -0.309. The van der Waals surface area contributed by atoms with Gasteiger partial charge in [-0.2, -0.15) is 5.10 Å². The van der Waals surface area contributed by atoms with Gasteiger partial charge in [-0.15, -0.1) is 0 Å². The summed E-state index contributed by atoms with van der Waals surface area (Å²) in [7, 11) is 0. The van der Waals surface area contributed by atoms with Gasteiger partial charge in [0.1, 0.15) is 12.7 Å². The number of nitrogens with zero attached hydrogens (tertiary/aromatic N) is 5. The molecule has 2 amide bonds. The average Bonchev–Trinajstić information content (AvgIpc) is 3.09. The van der Waals surface area contributed by atoms with E-state index >= 15 is 0 Å². The van der Waals surface area contributed by atoms with Gasteiger partial charge in [0.05, 0.1) is 12.0 Å². The molecule has 4 rings (SSSR count). The van der Waals surface area contributed by atoms with Crippen LogP contribution in [0.15, 0.2) is 12.7 Å². The van der Waals surface area contributed by atoms with Crippen LogP contribution in [0.2, 0.25) is 0 Å². The number of aryl methyl sites for hydroxylation is 1. The third-order valence-electron chi connectivity index (χ3n) is 5.73. The van der Waals surface area contributed by atoms with Crippen LogP contribution in [0.5, 0.6) is 0 Å². The third kappa shape index (κ3) is 3.03. The quantitative estimate of drug-likeness (QED) is 0.804. The molecule has 3 aliphatic rings. The van der Waals surface area contributed by atoms with E-state index in [0.717, 1.165) is 38.3 Å². The van der Waals surface area contributed by atoms with Crippen molar-refractivity contribution in [3.63, 3.8) is 0 Å². The third-order valence-corrected chi connectivity index (χ3v) is 5.73. The molecule has 24 heavy (non-hydrogen) atoms. The summed E-state index contributed by atoms with van der Waals surface area (Å²) < 4.78 is 1.67. The van der Waals surface area contributed by atoms with E-state index in [0.29, 0.717) is 32.0 Å². The van der Waals surface area contributed by atoms with Crippen molar-refractivity contribution in [2.45, 2.75) is 45.1 Å². The first-order chi connectivity index (χ1) is 11.7. The van der Waals surface area contributed by atoms with Crippen molar-refractivity contribution in [1.82, 2.24) is 24.6 Å². The van der Waals surface area contributed by atoms with Crippen LogP contribution in [0.25, 0.3) is 0 Å². The Balaban J connectivity index is 1.35. The lowest BCUT2D eigenvalue weighted by Gasteiger charge is -2.39. The van der Waals surface area contributed by atoms with Gasteiger partial charge >= 0.3 is 0 Å². The fraction of sp³-hybridized carbons (Fsp3) is 0.765. The highest BCUT2D eigenvalue weighted by atomic mass is 16.2. The lowest BCUT2D eigenvalue weighted by Crippen LogP contribution is -2.51. The summed E-state index contributed by atoms with van der Waals surface area (Å²) in [5.74, 6) is 1.15. The molecule has 0 unspecified atom stereocenters. The minimum atomic E-state index is -0.309. The van der Waals surface area contributed by atoms with Gasteiger partial charge in [-0.3, -0.25) is 14.3 Å². The molecule has 0 radical (unpaired) electrons. The molecule has 1 atom stereocenters. The SMILES string of the molecule is O=C(CCn1cncn1)N1CC[C@@]2(CCCN(CC3CC3)C2=O)C1. The number of carbonyl (C=O) groups is 2. The summed E-state index contributed by atoms with van der Waals surface area (Å²) in [5, 5.41) is 4.03. The van der Waals surface area contributed by atoms with Crippen molar-refractivity contribution in [3.05, 3.63) is 12.7 Å². The van der Waals surface area contributed by atoms with Crippen molar-refractivity contribution in [2.24, 2.45) is 11.3 Å². The molecule has 3 fully saturated rings. The molecule has 7 nitrogen and oxygen atoms in total. The highest BCUT2D eigenvalue weighted by molar-refractivity contribution is 5.86. The molecule has 1 aliphatic carbocycles. The van der Waals surface area contributed by atoms with Gasteiger partial charge in [-0.05, 0) is 38.0 Å². The van der Waals surface area contributed by atoms with Crippen LogP contribution >= 0.6 is 0 Å². The first-order valence-corrected chi connectivity index (χ1v) is 9.06. The van der Waals surface area contributed by atoms with Crippen molar-refractivity contribution >= 4 is 11.8 Å². The monoisotopic (exact) mass is 331 g/mol. The van der Waals surface area contributed by atoms with E-state index in [9.17, 15) is 9.59 Å². The van der Waals surface area contributed by atoms with Gasteiger partial charge in [0.25, 0.3) is 0 Å². The Hall–Kier alpha value is -1.92. The zero-order chi connectivity index (χ0) is 16.6. The minimum absolute atomic E-state index is 0.120. The molecule has 1 spiro atoms. The van der Waals surface area contributed by atoms with Crippen LogP contribution in [0.1, 0.15) is 38.5 Å². The molecule has 7 heteroatoms. The smallest absolute Gasteiger partial charge is 0.230 e. The van der Waals surface area contributed by atoms with Crippen LogP contribution in [0.3, 0.4) is 0 Å². The van der Waals surface area contributed by atoms with E-state index in [2.05, 4.69) is 15.0 Å². The maximum Gasteiger partial charge on any atom is 0.230 e. The van der Waals surface area contributed by atoms with E-state index in [1.165, 1.54) is 19.2 Å². The second-order valence-corrected chi connectivity index (χ2v) is 7.55. The molecule has 3 heterocycles. The lowest BCUT2D eigenvalue weighted by molar-refractivity contribution is -0.146. The topological polar surface area (TPSA) is 71.3 Å². The molecule has 2 saturated heterocycles. The van der Waals surface area contributed by atoms with Gasteiger partial charge in [0.15, 0.2) is 0 Å². The molecule has 0 bridgehead atoms. The highest BCUT2D eigenvalue weighted by Crippen LogP contribution is 2.41. The first-order valence-electron chi connectivity index (χ1n) is 9.06. The van der Waals surface area contributed by atoms with Crippen LogP contribution in [-0.4, -0.2) is 62.6 Å². The van der Waals surface area contributed by atoms with Crippen LogP contribution in [0.4, 0.5) is 0 Å². The Morgan fingerprint density at radius 3 is 2.92 bits per heavy atom. The Morgan fingerprint density at radius 1 is 1.29 bits per heavy atom. The maximum atomic E-state index is 13.0. The predicted octanol–water partition coefficient (Wildman–Crippen LogP) is 0.919. The first kappa shape index (κ1) is 15.6.